The highest BCUT2D eigenvalue weighted by atomic mass is 16.7. The quantitative estimate of drug-likeness (QED) is 0.701. The van der Waals surface area contributed by atoms with Gasteiger partial charge < -0.3 is 19.1 Å². The summed E-state index contributed by atoms with van der Waals surface area (Å²) >= 11 is 0. The molecule has 162 valence electrons. The summed E-state index contributed by atoms with van der Waals surface area (Å²) in [5, 5.41) is 0. The Morgan fingerprint density at radius 3 is 2.59 bits per heavy atom. The van der Waals surface area contributed by atoms with Crippen LogP contribution in [0.15, 0.2) is 23.4 Å². The SMILES string of the molecule is COCCN1CCN(C2=CCC3OC4(CCN(C5CCC5)CC4)OCC3=C2)CC1. The lowest BCUT2D eigenvalue weighted by atomic mass is 9.88. The molecule has 1 saturated carbocycles. The fourth-order valence-corrected chi connectivity index (χ4v) is 5.40. The van der Waals surface area contributed by atoms with Crippen molar-refractivity contribution in [1.29, 1.82) is 0 Å². The van der Waals surface area contributed by atoms with Gasteiger partial charge in [0, 0.05) is 77.5 Å². The molecule has 6 heteroatoms. The highest BCUT2D eigenvalue weighted by Crippen LogP contribution is 2.40. The molecule has 3 saturated heterocycles. The van der Waals surface area contributed by atoms with Gasteiger partial charge in [-0.3, -0.25) is 9.80 Å². The van der Waals surface area contributed by atoms with Crippen LogP contribution in [0.4, 0.5) is 0 Å². The number of piperidine rings is 1. The molecule has 29 heavy (non-hydrogen) atoms. The number of methoxy groups -OCH3 is 1. The van der Waals surface area contributed by atoms with Crippen LogP contribution in [0.3, 0.4) is 0 Å². The number of ether oxygens (including phenoxy) is 3. The van der Waals surface area contributed by atoms with Crippen molar-refractivity contribution in [3.8, 4) is 0 Å². The Labute approximate surface area is 175 Å². The first kappa shape index (κ1) is 20.0. The van der Waals surface area contributed by atoms with Crippen molar-refractivity contribution < 1.29 is 14.2 Å². The van der Waals surface area contributed by atoms with E-state index in [4.69, 9.17) is 14.2 Å². The summed E-state index contributed by atoms with van der Waals surface area (Å²) in [4.78, 5) is 7.68. The monoisotopic (exact) mass is 403 g/mol. The molecule has 0 aromatic heterocycles. The van der Waals surface area contributed by atoms with Gasteiger partial charge in [-0.2, -0.15) is 0 Å². The molecule has 6 nitrogen and oxygen atoms in total. The van der Waals surface area contributed by atoms with Gasteiger partial charge in [0.1, 0.15) is 0 Å². The molecule has 1 spiro atoms. The fourth-order valence-electron chi connectivity index (χ4n) is 5.40. The van der Waals surface area contributed by atoms with Gasteiger partial charge in [0.15, 0.2) is 5.79 Å². The number of rotatable bonds is 5. The predicted octanol–water partition coefficient (Wildman–Crippen LogP) is 2.22. The average molecular weight is 404 g/mol. The number of allylic oxidation sites excluding steroid dienone is 1. The average Bonchev–Trinajstić information content (AvgIpc) is 2.73. The van der Waals surface area contributed by atoms with E-state index in [1.54, 1.807) is 7.11 Å². The van der Waals surface area contributed by atoms with E-state index in [-0.39, 0.29) is 11.9 Å². The molecule has 5 rings (SSSR count). The molecule has 1 unspecified atom stereocenters. The maximum Gasteiger partial charge on any atom is 0.171 e. The van der Waals surface area contributed by atoms with Crippen LogP contribution in [0, 0.1) is 0 Å². The van der Waals surface area contributed by atoms with Crippen molar-refractivity contribution in [1.82, 2.24) is 14.7 Å². The van der Waals surface area contributed by atoms with E-state index < -0.39 is 0 Å². The minimum atomic E-state index is -0.333. The van der Waals surface area contributed by atoms with Gasteiger partial charge in [-0.25, -0.2) is 0 Å². The van der Waals surface area contributed by atoms with Crippen molar-refractivity contribution in [2.45, 2.75) is 56.5 Å². The largest absolute Gasteiger partial charge is 0.383 e. The van der Waals surface area contributed by atoms with Crippen LogP contribution in [0.1, 0.15) is 38.5 Å². The second-order valence-corrected chi connectivity index (χ2v) is 9.33. The normalized spacial score (nSPS) is 31.2. The third-order valence-corrected chi connectivity index (χ3v) is 7.65. The number of hydrogen-bond donors (Lipinski definition) is 0. The first-order chi connectivity index (χ1) is 14.2. The Morgan fingerprint density at radius 1 is 1.10 bits per heavy atom. The van der Waals surface area contributed by atoms with Gasteiger partial charge in [-0.1, -0.05) is 12.5 Å². The molecule has 3 heterocycles. The summed E-state index contributed by atoms with van der Waals surface area (Å²) in [7, 11) is 1.78. The molecule has 1 atom stereocenters. The van der Waals surface area contributed by atoms with Gasteiger partial charge in [0.25, 0.3) is 0 Å². The Hall–Kier alpha value is -0.920. The molecule has 0 aromatic carbocycles. The zero-order valence-electron chi connectivity index (χ0n) is 18.0. The minimum absolute atomic E-state index is 0.214. The predicted molar refractivity (Wildman–Crippen MR) is 113 cm³/mol. The summed E-state index contributed by atoms with van der Waals surface area (Å²) in [6.07, 6.45) is 12.2. The van der Waals surface area contributed by atoms with Gasteiger partial charge >= 0.3 is 0 Å². The van der Waals surface area contributed by atoms with E-state index in [0.29, 0.717) is 0 Å². The van der Waals surface area contributed by atoms with E-state index in [9.17, 15) is 0 Å². The third-order valence-electron chi connectivity index (χ3n) is 7.65. The maximum atomic E-state index is 6.59. The first-order valence-electron chi connectivity index (χ1n) is 11.7. The lowest BCUT2D eigenvalue weighted by molar-refractivity contribution is -0.291. The number of hydrogen-bond acceptors (Lipinski definition) is 6. The fraction of sp³-hybridized carbons (Fsp3) is 0.826. The molecular formula is C23H37N3O3. The van der Waals surface area contributed by atoms with E-state index >= 15 is 0 Å². The zero-order valence-corrected chi connectivity index (χ0v) is 18.0. The molecule has 0 aromatic rings. The molecule has 2 aliphatic carbocycles. The standard InChI is InChI=1S/C23H37N3O3/c1-27-16-15-24-11-13-26(14-12-24)21-5-6-22-19(17-21)18-28-23(29-22)7-9-25(10-8-23)20-3-2-4-20/h5,17,20,22H,2-4,6-16,18H2,1H3. The molecule has 3 aliphatic heterocycles. The second kappa shape index (κ2) is 8.67. The molecule has 0 bridgehead atoms. The van der Waals surface area contributed by atoms with Crippen molar-refractivity contribution in [3.05, 3.63) is 23.4 Å². The lowest BCUT2D eigenvalue weighted by Gasteiger charge is -2.50. The van der Waals surface area contributed by atoms with Gasteiger partial charge in [-0.05, 0) is 30.9 Å². The smallest absolute Gasteiger partial charge is 0.171 e. The van der Waals surface area contributed by atoms with Crippen LogP contribution in [-0.4, -0.2) is 98.8 Å². The summed E-state index contributed by atoms with van der Waals surface area (Å²) in [5.41, 5.74) is 2.70. The third kappa shape index (κ3) is 4.28. The van der Waals surface area contributed by atoms with E-state index in [1.807, 2.05) is 0 Å². The molecule has 4 fully saturated rings. The van der Waals surface area contributed by atoms with Gasteiger partial charge in [-0.15, -0.1) is 0 Å². The van der Waals surface area contributed by atoms with Crippen LogP contribution in [-0.2, 0) is 14.2 Å². The molecule has 0 N–H and O–H groups in total. The maximum absolute atomic E-state index is 6.59. The summed E-state index contributed by atoms with van der Waals surface area (Å²) < 4.78 is 18.2. The van der Waals surface area contributed by atoms with Crippen LogP contribution in [0.5, 0.6) is 0 Å². The van der Waals surface area contributed by atoms with Crippen molar-refractivity contribution in [2.75, 3.05) is 66.1 Å². The Balaban J connectivity index is 1.13. The highest BCUT2D eigenvalue weighted by Gasteiger charge is 2.44. The molecule has 0 radical (unpaired) electrons. The van der Waals surface area contributed by atoms with Crippen molar-refractivity contribution in [3.63, 3.8) is 0 Å². The molecule has 5 aliphatic rings. The van der Waals surface area contributed by atoms with E-state index in [1.165, 1.54) is 30.5 Å². The zero-order chi connectivity index (χ0) is 19.7. The number of likely N-dealkylation sites (tertiary alicyclic amines) is 1. The Morgan fingerprint density at radius 2 is 1.90 bits per heavy atom. The van der Waals surface area contributed by atoms with Gasteiger partial charge in [0.05, 0.1) is 19.3 Å². The van der Waals surface area contributed by atoms with Crippen LogP contribution in [0.25, 0.3) is 0 Å². The Bertz CT molecular complexity index is 629. The van der Waals surface area contributed by atoms with E-state index in [0.717, 1.165) is 84.3 Å². The summed E-state index contributed by atoms with van der Waals surface area (Å²) in [5.74, 6) is -0.333. The summed E-state index contributed by atoms with van der Waals surface area (Å²) in [6.45, 7) is 9.26. The second-order valence-electron chi connectivity index (χ2n) is 9.33. The molecule has 0 amide bonds. The van der Waals surface area contributed by atoms with Crippen LogP contribution in [0.2, 0.25) is 0 Å². The molecular weight excluding hydrogens is 366 g/mol. The van der Waals surface area contributed by atoms with Crippen LogP contribution >= 0.6 is 0 Å². The lowest BCUT2D eigenvalue weighted by Crippen LogP contribution is -2.55. The topological polar surface area (TPSA) is 37.4 Å². The number of piperazine rings is 1. The first-order valence-corrected chi connectivity index (χ1v) is 11.7. The summed E-state index contributed by atoms with van der Waals surface area (Å²) in [6, 6.07) is 0.835. The van der Waals surface area contributed by atoms with E-state index in [2.05, 4.69) is 26.9 Å². The highest BCUT2D eigenvalue weighted by molar-refractivity contribution is 5.32. The van der Waals surface area contributed by atoms with Gasteiger partial charge in [0.2, 0.25) is 0 Å². The van der Waals surface area contributed by atoms with Crippen LogP contribution < -0.4 is 0 Å². The minimum Gasteiger partial charge on any atom is -0.383 e. The number of fused-ring (bicyclic) bond motifs is 1. The van der Waals surface area contributed by atoms with Crippen molar-refractivity contribution in [2.24, 2.45) is 0 Å². The Kier molecular flexibility index (Phi) is 5.99. The number of nitrogens with zero attached hydrogens (tertiary/aromatic N) is 3. The van der Waals surface area contributed by atoms with Crippen molar-refractivity contribution >= 4 is 0 Å².